The van der Waals surface area contributed by atoms with Crippen LogP contribution in [0.15, 0.2) is 12.1 Å². The van der Waals surface area contributed by atoms with Crippen LogP contribution in [-0.4, -0.2) is 12.6 Å². The maximum Gasteiger partial charge on any atom is 0.168 e. The minimum Gasteiger partial charge on any atom is -0.489 e. The van der Waals surface area contributed by atoms with Gasteiger partial charge in [0.15, 0.2) is 11.6 Å². The number of hydrogen-bond donors (Lipinski definition) is 1. The lowest BCUT2D eigenvalue weighted by molar-refractivity contribution is 0.242. The van der Waals surface area contributed by atoms with Gasteiger partial charge in [0.1, 0.15) is 12.4 Å². The van der Waals surface area contributed by atoms with Gasteiger partial charge in [-0.3, -0.25) is 0 Å². The Morgan fingerprint density at radius 2 is 2.21 bits per heavy atom. The Morgan fingerprint density at radius 3 is 2.93 bits per heavy atom. The highest BCUT2D eigenvalue weighted by Gasteiger charge is 2.22. The number of rotatable bonds is 1. The Labute approximate surface area is 84.9 Å². The fourth-order valence-corrected chi connectivity index (χ4v) is 1.65. The van der Waals surface area contributed by atoms with E-state index in [1.165, 1.54) is 6.07 Å². The Balaban J connectivity index is 2.37. The Bertz CT molecular complexity index is 359. The Morgan fingerprint density at radius 1 is 1.43 bits per heavy atom. The Hall–Kier alpha value is -0.870. The summed E-state index contributed by atoms with van der Waals surface area (Å²) in [5, 5.41) is 0. The van der Waals surface area contributed by atoms with Gasteiger partial charge in [0, 0.05) is 11.6 Å². The normalized spacial score (nSPS) is 20.1. The van der Waals surface area contributed by atoms with Gasteiger partial charge in [-0.15, -0.1) is 0 Å². The number of halogens is 3. The van der Waals surface area contributed by atoms with Crippen molar-refractivity contribution in [3.8, 4) is 5.75 Å². The van der Waals surface area contributed by atoms with Crippen LogP contribution in [0.4, 0.5) is 8.78 Å². The topological polar surface area (TPSA) is 21.3 Å². The largest absolute Gasteiger partial charge is 0.489 e. The zero-order valence-corrected chi connectivity index (χ0v) is 7.94. The summed E-state index contributed by atoms with van der Waals surface area (Å²) in [4.78, 5) is 2.49. The third-order valence-electron chi connectivity index (χ3n) is 2.13. The lowest BCUT2D eigenvalue weighted by atomic mass is 10.0. The maximum atomic E-state index is 13.1. The SMILES string of the molecule is Fc1cc(F)c2c(c1)C[C@@H](NCl)CO2. The van der Waals surface area contributed by atoms with Crippen LogP contribution in [0.1, 0.15) is 5.56 Å². The molecule has 1 aliphatic heterocycles. The summed E-state index contributed by atoms with van der Waals surface area (Å²) in [7, 11) is 0. The first kappa shape index (κ1) is 9.68. The van der Waals surface area contributed by atoms with Crippen molar-refractivity contribution in [3.63, 3.8) is 0 Å². The lowest BCUT2D eigenvalue weighted by Gasteiger charge is -2.24. The van der Waals surface area contributed by atoms with Gasteiger partial charge in [-0.25, -0.2) is 13.6 Å². The van der Waals surface area contributed by atoms with E-state index in [9.17, 15) is 8.78 Å². The molecule has 2 rings (SSSR count). The van der Waals surface area contributed by atoms with Crippen LogP contribution < -0.4 is 9.57 Å². The molecule has 0 saturated heterocycles. The predicted octanol–water partition coefficient (Wildman–Crippen LogP) is 2.01. The zero-order chi connectivity index (χ0) is 10.1. The summed E-state index contributed by atoms with van der Waals surface area (Å²) < 4.78 is 31.1. The molecular formula is C9H8ClF2NO. The second-order valence-corrected chi connectivity index (χ2v) is 3.42. The van der Waals surface area contributed by atoms with E-state index in [0.717, 1.165) is 6.07 Å². The number of benzene rings is 1. The van der Waals surface area contributed by atoms with Crippen molar-refractivity contribution in [1.29, 1.82) is 0 Å². The van der Waals surface area contributed by atoms with E-state index >= 15 is 0 Å². The molecular weight excluding hydrogens is 212 g/mol. The van der Waals surface area contributed by atoms with Crippen molar-refractivity contribution >= 4 is 11.8 Å². The van der Waals surface area contributed by atoms with Crippen LogP contribution >= 0.6 is 11.8 Å². The molecule has 14 heavy (non-hydrogen) atoms. The average molecular weight is 220 g/mol. The molecule has 0 unspecified atom stereocenters. The number of fused-ring (bicyclic) bond motifs is 1. The van der Waals surface area contributed by atoms with E-state index in [2.05, 4.69) is 4.84 Å². The fourth-order valence-electron chi connectivity index (χ4n) is 1.51. The van der Waals surface area contributed by atoms with Gasteiger partial charge >= 0.3 is 0 Å². The van der Waals surface area contributed by atoms with Crippen molar-refractivity contribution in [2.75, 3.05) is 6.61 Å². The van der Waals surface area contributed by atoms with Crippen LogP contribution in [0.2, 0.25) is 0 Å². The van der Waals surface area contributed by atoms with Crippen molar-refractivity contribution in [2.24, 2.45) is 0 Å². The molecule has 1 heterocycles. The molecule has 76 valence electrons. The quantitative estimate of drug-likeness (QED) is 0.730. The van der Waals surface area contributed by atoms with Crippen molar-refractivity contribution in [3.05, 3.63) is 29.3 Å². The molecule has 2 nitrogen and oxygen atoms in total. The molecule has 0 saturated carbocycles. The molecule has 0 amide bonds. The van der Waals surface area contributed by atoms with Gasteiger partial charge in [-0.05, 0) is 24.3 Å². The van der Waals surface area contributed by atoms with E-state index in [-0.39, 0.29) is 11.8 Å². The first-order chi connectivity index (χ1) is 6.70. The standard InChI is InChI=1S/C9H8ClF2NO/c10-13-7-2-5-1-6(11)3-8(12)9(5)14-4-7/h1,3,7,13H,2,4H2/t7-/m1/s1. The van der Waals surface area contributed by atoms with Crippen LogP contribution in [0.3, 0.4) is 0 Å². The summed E-state index contributed by atoms with van der Waals surface area (Å²) in [6.07, 6.45) is 0.466. The van der Waals surface area contributed by atoms with Gasteiger partial charge in [-0.1, -0.05) is 0 Å². The van der Waals surface area contributed by atoms with Crippen molar-refractivity contribution < 1.29 is 13.5 Å². The van der Waals surface area contributed by atoms with E-state index < -0.39 is 11.6 Å². The fraction of sp³-hybridized carbons (Fsp3) is 0.333. The average Bonchev–Trinajstić information content (AvgIpc) is 2.16. The summed E-state index contributed by atoms with van der Waals surface area (Å²) >= 11 is 5.41. The second-order valence-electron chi connectivity index (χ2n) is 3.20. The highest BCUT2D eigenvalue weighted by atomic mass is 35.5. The third-order valence-corrected chi connectivity index (χ3v) is 2.44. The monoisotopic (exact) mass is 219 g/mol. The molecule has 1 aromatic rings. The number of ether oxygens (including phenoxy) is 1. The second kappa shape index (κ2) is 3.71. The summed E-state index contributed by atoms with van der Waals surface area (Å²) in [6, 6.07) is 1.97. The van der Waals surface area contributed by atoms with Gasteiger partial charge < -0.3 is 4.74 Å². The molecule has 0 bridgehead atoms. The van der Waals surface area contributed by atoms with Gasteiger partial charge in [0.2, 0.25) is 0 Å². The molecule has 0 aliphatic carbocycles. The van der Waals surface area contributed by atoms with Gasteiger partial charge in [0.25, 0.3) is 0 Å². The van der Waals surface area contributed by atoms with Crippen LogP contribution in [0, 0.1) is 11.6 Å². The van der Waals surface area contributed by atoms with E-state index in [1.807, 2.05) is 0 Å². The Kier molecular flexibility index (Phi) is 2.56. The van der Waals surface area contributed by atoms with Gasteiger partial charge in [-0.2, -0.15) is 0 Å². The molecule has 0 radical (unpaired) electrons. The van der Waals surface area contributed by atoms with E-state index in [1.54, 1.807) is 0 Å². The number of nitrogens with one attached hydrogen (secondary N) is 1. The molecule has 1 atom stereocenters. The highest BCUT2D eigenvalue weighted by Crippen LogP contribution is 2.28. The zero-order valence-electron chi connectivity index (χ0n) is 7.19. The van der Waals surface area contributed by atoms with Crippen LogP contribution in [-0.2, 0) is 6.42 Å². The summed E-state index contributed by atoms with van der Waals surface area (Å²) in [6.45, 7) is 0.291. The third kappa shape index (κ3) is 1.67. The molecule has 0 fully saturated rings. The molecule has 0 aromatic heterocycles. The van der Waals surface area contributed by atoms with Crippen molar-refractivity contribution in [1.82, 2.24) is 4.84 Å². The molecule has 0 spiro atoms. The minimum absolute atomic E-state index is 0.106. The predicted molar refractivity (Wildman–Crippen MR) is 48.3 cm³/mol. The van der Waals surface area contributed by atoms with Gasteiger partial charge in [0.05, 0.1) is 6.04 Å². The highest BCUT2D eigenvalue weighted by molar-refractivity contribution is 6.13. The van der Waals surface area contributed by atoms with E-state index in [4.69, 9.17) is 16.5 Å². The lowest BCUT2D eigenvalue weighted by Crippen LogP contribution is -2.34. The minimum atomic E-state index is -0.659. The molecule has 5 heteroatoms. The van der Waals surface area contributed by atoms with Crippen molar-refractivity contribution in [2.45, 2.75) is 12.5 Å². The summed E-state index contributed by atoms with van der Waals surface area (Å²) in [5.74, 6) is -1.12. The first-order valence-corrected chi connectivity index (χ1v) is 4.55. The first-order valence-electron chi connectivity index (χ1n) is 4.17. The molecule has 1 N–H and O–H groups in total. The smallest absolute Gasteiger partial charge is 0.168 e. The summed E-state index contributed by atoms with van der Waals surface area (Å²) in [5.41, 5.74) is 0.506. The molecule has 1 aromatic carbocycles. The number of hydrogen-bond acceptors (Lipinski definition) is 2. The van der Waals surface area contributed by atoms with Crippen LogP contribution in [0.25, 0.3) is 0 Å². The van der Waals surface area contributed by atoms with Crippen LogP contribution in [0.5, 0.6) is 5.75 Å². The van der Waals surface area contributed by atoms with E-state index in [0.29, 0.717) is 18.6 Å². The maximum absolute atomic E-state index is 13.1. The molecule has 1 aliphatic rings.